The number of carboxylic acid groups (broad SMARTS) is 1. The molecule has 0 aliphatic carbocycles. The smallest absolute Gasteiger partial charge is 0.425 e. The van der Waals surface area contributed by atoms with Crippen molar-refractivity contribution in [3.8, 4) is 17.2 Å². The lowest BCUT2D eigenvalue weighted by Crippen LogP contribution is -2.31. The van der Waals surface area contributed by atoms with Crippen molar-refractivity contribution in [2.75, 3.05) is 0 Å². The van der Waals surface area contributed by atoms with Gasteiger partial charge >= 0.3 is 12.1 Å². The number of ether oxygens (including phenoxy) is 1. The van der Waals surface area contributed by atoms with Crippen molar-refractivity contribution in [3.05, 3.63) is 36.2 Å². The number of carboxylic acids is 1. The summed E-state index contributed by atoms with van der Waals surface area (Å²) in [5, 5.41) is 9.09. The molecular formula is C13H10F3NO4. The number of halogens is 3. The van der Waals surface area contributed by atoms with E-state index >= 15 is 0 Å². The Bertz CT molecular complexity index is 637. The first-order valence-electron chi connectivity index (χ1n) is 5.79. The highest BCUT2D eigenvalue weighted by molar-refractivity contribution is 5.92. The summed E-state index contributed by atoms with van der Waals surface area (Å²) in [6.07, 6.45) is -4.04. The van der Waals surface area contributed by atoms with Gasteiger partial charge in [-0.05, 0) is 25.1 Å². The number of nitrogens with zero attached hydrogens (tertiary/aromatic N) is 1. The molecule has 0 saturated heterocycles. The second-order valence-corrected chi connectivity index (χ2v) is 4.16. The standard InChI is InChI=1S/C13H10F3NO4/c1-7(13(14,15)16)21-10-3-2-8(6-9(10)12(18)19)11-17-4-5-20-11/h2-7H,1H3,(H,18,19)/t7-/m0/s1. The Morgan fingerprint density at radius 1 is 1.43 bits per heavy atom. The summed E-state index contributed by atoms with van der Waals surface area (Å²) in [7, 11) is 0. The molecule has 0 unspecified atom stereocenters. The van der Waals surface area contributed by atoms with Crippen molar-refractivity contribution in [1.82, 2.24) is 4.98 Å². The molecule has 2 aromatic rings. The van der Waals surface area contributed by atoms with Crippen LogP contribution in [0.3, 0.4) is 0 Å². The molecule has 0 saturated carbocycles. The van der Waals surface area contributed by atoms with E-state index < -0.39 is 23.8 Å². The maximum atomic E-state index is 12.5. The average molecular weight is 301 g/mol. The molecule has 21 heavy (non-hydrogen) atoms. The van der Waals surface area contributed by atoms with Gasteiger partial charge in [-0.25, -0.2) is 9.78 Å². The van der Waals surface area contributed by atoms with Crippen molar-refractivity contribution in [2.45, 2.75) is 19.2 Å². The van der Waals surface area contributed by atoms with E-state index in [0.717, 1.165) is 19.1 Å². The number of aromatic nitrogens is 1. The Morgan fingerprint density at radius 2 is 2.14 bits per heavy atom. The van der Waals surface area contributed by atoms with Crippen molar-refractivity contribution < 1.29 is 32.2 Å². The van der Waals surface area contributed by atoms with Crippen molar-refractivity contribution in [1.29, 1.82) is 0 Å². The van der Waals surface area contributed by atoms with Crippen LogP contribution in [0.5, 0.6) is 5.75 Å². The van der Waals surface area contributed by atoms with Crippen molar-refractivity contribution >= 4 is 5.97 Å². The summed E-state index contributed by atoms with van der Waals surface area (Å²) in [6.45, 7) is 0.799. The number of rotatable bonds is 4. The molecule has 1 aromatic carbocycles. The number of hydrogen-bond acceptors (Lipinski definition) is 4. The average Bonchev–Trinajstić information content (AvgIpc) is 2.91. The van der Waals surface area contributed by atoms with Gasteiger partial charge in [-0.15, -0.1) is 0 Å². The van der Waals surface area contributed by atoms with Crippen LogP contribution in [0.2, 0.25) is 0 Å². The van der Waals surface area contributed by atoms with Crippen LogP contribution in [-0.4, -0.2) is 28.3 Å². The van der Waals surface area contributed by atoms with E-state index in [1.165, 1.54) is 18.5 Å². The fourth-order valence-electron chi connectivity index (χ4n) is 1.56. The van der Waals surface area contributed by atoms with Gasteiger partial charge in [0, 0.05) is 5.56 Å². The summed E-state index contributed by atoms with van der Waals surface area (Å²) in [5.74, 6) is -1.62. The van der Waals surface area contributed by atoms with E-state index in [0.29, 0.717) is 5.56 Å². The van der Waals surface area contributed by atoms with Gasteiger partial charge in [-0.3, -0.25) is 0 Å². The van der Waals surface area contributed by atoms with Crippen LogP contribution in [0.25, 0.3) is 11.5 Å². The normalized spacial score (nSPS) is 13.0. The first-order valence-corrected chi connectivity index (χ1v) is 5.79. The van der Waals surface area contributed by atoms with Crippen LogP contribution < -0.4 is 4.74 Å². The first-order chi connectivity index (χ1) is 9.79. The molecule has 0 aliphatic heterocycles. The number of carbonyl (C=O) groups is 1. The van der Waals surface area contributed by atoms with Crippen molar-refractivity contribution in [2.24, 2.45) is 0 Å². The molecule has 1 heterocycles. The van der Waals surface area contributed by atoms with E-state index in [-0.39, 0.29) is 11.6 Å². The minimum absolute atomic E-state index is 0.160. The Hall–Kier alpha value is -2.51. The molecule has 112 valence electrons. The lowest BCUT2D eigenvalue weighted by molar-refractivity contribution is -0.189. The molecule has 0 radical (unpaired) electrons. The molecule has 8 heteroatoms. The minimum Gasteiger partial charge on any atom is -0.480 e. The Balaban J connectivity index is 2.36. The zero-order chi connectivity index (χ0) is 15.6. The molecule has 0 spiro atoms. The molecule has 5 nitrogen and oxygen atoms in total. The molecular weight excluding hydrogens is 291 g/mol. The largest absolute Gasteiger partial charge is 0.480 e. The number of benzene rings is 1. The van der Waals surface area contributed by atoms with E-state index in [1.807, 2.05) is 0 Å². The second-order valence-electron chi connectivity index (χ2n) is 4.16. The molecule has 1 aromatic heterocycles. The first kappa shape index (κ1) is 14.9. The Morgan fingerprint density at radius 3 is 2.67 bits per heavy atom. The summed E-state index contributed by atoms with van der Waals surface area (Å²) in [5.41, 5.74) is -0.0776. The summed E-state index contributed by atoms with van der Waals surface area (Å²) in [4.78, 5) is 15.0. The minimum atomic E-state index is -4.59. The summed E-state index contributed by atoms with van der Waals surface area (Å²) < 4.78 is 47.1. The third-order valence-corrected chi connectivity index (χ3v) is 2.65. The molecule has 1 atom stereocenters. The maximum absolute atomic E-state index is 12.5. The van der Waals surface area contributed by atoms with Gasteiger partial charge in [-0.2, -0.15) is 13.2 Å². The number of oxazole rings is 1. The summed E-state index contributed by atoms with van der Waals surface area (Å²) in [6, 6.07) is 3.66. The zero-order valence-electron chi connectivity index (χ0n) is 10.7. The van der Waals surface area contributed by atoms with Gasteiger partial charge < -0.3 is 14.3 Å². The lowest BCUT2D eigenvalue weighted by Gasteiger charge is -2.19. The number of hydrogen-bond donors (Lipinski definition) is 1. The third-order valence-electron chi connectivity index (χ3n) is 2.65. The predicted octanol–water partition coefficient (Wildman–Crippen LogP) is 3.37. The molecule has 0 amide bonds. The van der Waals surface area contributed by atoms with E-state index in [9.17, 15) is 18.0 Å². The highest BCUT2D eigenvalue weighted by Crippen LogP contribution is 2.30. The monoisotopic (exact) mass is 301 g/mol. The maximum Gasteiger partial charge on any atom is 0.425 e. The quantitative estimate of drug-likeness (QED) is 0.937. The van der Waals surface area contributed by atoms with Gasteiger partial charge in [0.15, 0.2) is 6.10 Å². The van der Waals surface area contributed by atoms with Crippen LogP contribution in [0.15, 0.2) is 35.1 Å². The van der Waals surface area contributed by atoms with Crippen LogP contribution in [0.4, 0.5) is 13.2 Å². The van der Waals surface area contributed by atoms with E-state index in [2.05, 4.69) is 9.72 Å². The SMILES string of the molecule is C[C@H](Oc1ccc(-c2ncco2)cc1C(=O)O)C(F)(F)F. The third kappa shape index (κ3) is 3.33. The van der Waals surface area contributed by atoms with Crippen molar-refractivity contribution in [3.63, 3.8) is 0 Å². The number of aromatic carboxylic acids is 1. The van der Waals surface area contributed by atoms with Gasteiger partial charge in [0.05, 0.1) is 6.20 Å². The fourth-order valence-corrected chi connectivity index (χ4v) is 1.56. The zero-order valence-corrected chi connectivity index (χ0v) is 10.7. The number of alkyl halides is 3. The van der Waals surface area contributed by atoms with Gasteiger partial charge in [0.1, 0.15) is 17.6 Å². The van der Waals surface area contributed by atoms with Crippen LogP contribution in [-0.2, 0) is 0 Å². The Labute approximate surface area is 117 Å². The van der Waals surface area contributed by atoms with Gasteiger partial charge in [-0.1, -0.05) is 0 Å². The molecule has 2 rings (SSSR count). The van der Waals surface area contributed by atoms with Crippen LogP contribution in [0, 0.1) is 0 Å². The molecule has 0 fully saturated rings. The van der Waals surface area contributed by atoms with E-state index in [4.69, 9.17) is 9.52 Å². The highest BCUT2D eigenvalue weighted by Gasteiger charge is 2.38. The molecule has 0 bridgehead atoms. The molecule has 0 aliphatic rings. The Kier molecular flexibility index (Phi) is 3.88. The molecule has 1 N–H and O–H groups in total. The topological polar surface area (TPSA) is 72.6 Å². The van der Waals surface area contributed by atoms with Crippen LogP contribution in [0.1, 0.15) is 17.3 Å². The summed E-state index contributed by atoms with van der Waals surface area (Å²) >= 11 is 0. The van der Waals surface area contributed by atoms with Gasteiger partial charge in [0.25, 0.3) is 0 Å². The van der Waals surface area contributed by atoms with E-state index in [1.54, 1.807) is 0 Å². The second kappa shape index (κ2) is 5.47. The highest BCUT2D eigenvalue weighted by atomic mass is 19.4. The lowest BCUT2D eigenvalue weighted by atomic mass is 10.1. The predicted molar refractivity (Wildman–Crippen MR) is 65.0 cm³/mol. The van der Waals surface area contributed by atoms with Crippen LogP contribution >= 0.6 is 0 Å². The fraction of sp³-hybridized carbons (Fsp3) is 0.231. The van der Waals surface area contributed by atoms with Gasteiger partial charge in [0.2, 0.25) is 5.89 Å².